The zero-order valence-electron chi connectivity index (χ0n) is 10.3. The highest BCUT2D eigenvalue weighted by molar-refractivity contribution is 6.03. The van der Waals surface area contributed by atoms with Crippen LogP contribution in [-0.4, -0.2) is 15.7 Å². The Morgan fingerprint density at radius 2 is 2.00 bits per heavy atom. The van der Waals surface area contributed by atoms with Gasteiger partial charge in [0, 0.05) is 30.1 Å². The van der Waals surface area contributed by atoms with E-state index in [9.17, 15) is 14.9 Å². The van der Waals surface area contributed by atoms with Gasteiger partial charge in [-0.15, -0.1) is 0 Å². The molecule has 0 saturated heterocycles. The summed E-state index contributed by atoms with van der Waals surface area (Å²) in [5.74, 6) is -1.47. The normalized spacial score (nSPS) is 11.3. The van der Waals surface area contributed by atoms with Crippen LogP contribution in [0.4, 0.5) is 5.69 Å². The summed E-state index contributed by atoms with van der Waals surface area (Å²) in [4.78, 5) is 26.2. The van der Waals surface area contributed by atoms with Crippen molar-refractivity contribution in [2.24, 2.45) is 0 Å². The summed E-state index contributed by atoms with van der Waals surface area (Å²) in [7, 11) is 0. The topological polar surface area (TPSA) is 96.9 Å². The van der Waals surface area contributed by atoms with Crippen molar-refractivity contribution in [2.45, 2.75) is 5.92 Å². The van der Waals surface area contributed by atoms with Crippen molar-refractivity contribution < 1.29 is 9.72 Å². The van der Waals surface area contributed by atoms with Crippen LogP contribution in [0.1, 0.15) is 21.8 Å². The van der Waals surface area contributed by atoms with Crippen molar-refractivity contribution in [3.8, 4) is 6.07 Å². The van der Waals surface area contributed by atoms with Gasteiger partial charge in [-0.1, -0.05) is 12.1 Å². The van der Waals surface area contributed by atoms with Gasteiger partial charge in [0.25, 0.3) is 5.69 Å². The summed E-state index contributed by atoms with van der Waals surface area (Å²) >= 11 is 0. The van der Waals surface area contributed by atoms with E-state index in [0.717, 1.165) is 0 Å². The van der Waals surface area contributed by atoms with Gasteiger partial charge in [-0.05, 0) is 17.7 Å². The number of pyridine rings is 1. The highest BCUT2D eigenvalue weighted by Crippen LogP contribution is 2.22. The lowest BCUT2D eigenvalue weighted by Gasteiger charge is -2.08. The fraction of sp³-hybridized carbons (Fsp3) is 0.0714. The van der Waals surface area contributed by atoms with Crippen LogP contribution in [0.5, 0.6) is 0 Å². The molecule has 2 rings (SSSR count). The Labute approximate surface area is 114 Å². The Kier molecular flexibility index (Phi) is 3.82. The number of rotatable bonds is 4. The van der Waals surface area contributed by atoms with Crippen molar-refractivity contribution in [1.29, 1.82) is 5.26 Å². The summed E-state index contributed by atoms with van der Waals surface area (Å²) < 4.78 is 0. The number of nitriles is 1. The van der Waals surface area contributed by atoms with Gasteiger partial charge in [-0.3, -0.25) is 19.9 Å². The first-order valence-corrected chi connectivity index (χ1v) is 5.71. The van der Waals surface area contributed by atoms with Crippen molar-refractivity contribution in [3.05, 3.63) is 70.0 Å². The number of carbonyl (C=O) groups is 1. The number of nitro groups is 1. The largest absolute Gasteiger partial charge is 0.292 e. The molecule has 2 aromatic rings. The van der Waals surface area contributed by atoms with Crippen LogP contribution in [0.15, 0.2) is 48.8 Å². The van der Waals surface area contributed by atoms with E-state index < -0.39 is 16.6 Å². The first-order valence-electron chi connectivity index (χ1n) is 5.71. The van der Waals surface area contributed by atoms with Gasteiger partial charge in [0.1, 0.15) is 5.92 Å². The molecule has 0 spiro atoms. The molecular formula is C14H9N3O3. The molecular weight excluding hydrogens is 258 g/mol. The number of Topliss-reactive ketones (excluding diaryl/α,β-unsaturated/α-hetero) is 1. The Balaban J connectivity index is 2.37. The summed E-state index contributed by atoms with van der Waals surface area (Å²) in [5, 5.41) is 19.9. The Bertz CT molecular complexity index is 692. The van der Waals surface area contributed by atoms with Gasteiger partial charge < -0.3 is 0 Å². The molecule has 0 fully saturated rings. The third-order valence-corrected chi connectivity index (χ3v) is 2.77. The molecule has 0 saturated carbocycles. The highest BCUT2D eigenvalue weighted by Gasteiger charge is 2.23. The van der Waals surface area contributed by atoms with Crippen LogP contribution in [0, 0.1) is 21.4 Å². The van der Waals surface area contributed by atoms with E-state index in [-0.39, 0.29) is 11.3 Å². The summed E-state index contributed by atoms with van der Waals surface area (Å²) in [6.45, 7) is 0. The molecule has 1 aromatic carbocycles. The number of hydrogen-bond acceptors (Lipinski definition) is 5. The second-order valence-electron chi connectivity index (χ2n) is 4.01. The average molecular weight is 267 g/mol. The van der Waals surface area contributed by atoms with Gasteiger partial charge in [-0.2, -0.15) is 5.26 Å². The zero-order valence-corrected chi connectivity index (χ0v) is 10.3. The van der Waals surface area contributed by atoms with E-state index in [0.29, 0.717) is 5.56 Å². The van der Waals surface area contributed by atoms with Gasteiger partial charge in [0.2, 0.25) is 0 Å². The SMILES string of the molecule is N#CC(C(=O)c1cccc([N+](=O)[O-])c1)c1ccncc1. The maximum Gasteiger partial charge on any atom is 0.270 e. The first-order chi connectivity index (χ1) is 9.63. The third kappa shape index (κ3) is 2.67. The number of nitro benzene ring substituents is 1. The molecule has 1 aromatic heterocycles. The molecule has 0 amide bonds. The van der Waals surface area contributed by atoms with Crippen molar-refractivity contribution in [2.75, 3.05) is 0 Å². The van der Waals surface area contributed by atoms with Crippen molar-refractivity contribution >= 4 is 11.5 Å². The number of non-ortho nitro benzene ring substituents is 1. The number of carbonyl (C=O) groups excluding carboxylic acids is 1. The molecule has 0 bridgehead atoms. The van der Waals surface area contributed by atoms with Crippen LogP contribution < -0.4 is 0 Å². The minimum Gasteiger partial charge on any atom is -0.292 e. The van der Waals surface area contributed by atoms with E-state index in [4.69, 9.17) is 5.26 Å². The summed E-state index contributed by atoms with van der Waals surface area (Å²) in [5.41, 5.74) is 0.476. The van der Waals surface area contributed by atoms with E-state index in [1.807, 2.05) is 6.07 Å². The standard InChI is InChI=1S/C14H9N3O3/c15-9-13(10-4-6-16-7-5-10)14(18)11-2-1-3-12(8-11)17(19)20/h1-8,13H. The molecule has 1 unspecified atom stereocenters. The maximum atomic E-state index is 12.3. The molecule has 1 atom stereocenters. The Morgan fingerprint density at radius 1 is 1.30 bits per heavy atom. The lowest BCUT2D eigenvalue weighted by Crippen LogP contribution is -2.11. The number of benzene rings is 1. The van der Waals surface area contributed by atoms with Crippen molar-refractivity contribution in [3.63, 3.8) is 0 Å². The minimum absolute atomic E-state index is 0.141. The lowest BCUT2D eigenvalue weighted by atomic mass is 9.92. The molecule has 0 N–H and O–H groups in total. The predicted molar refractivity (Wildman–Crippen MR) is 70.0 cm³/mol. The maximum absolute atomic E-state index is 12.3. The number of nitrogens with zero attached hydrogens (tertiary/aromatic N) is 3. The van der Waals surface area contributed by atoms with E-state index in [1.54, 1.807) is 12.1 Å². The van der Waals surface area contributed by atoms with Gasteiger partial charge in [0.05, 0.1) is 11.0 Å². The fourth-order valence-electron chi connectivity index (χ4n) is 1.78. The molecule has 0 aliphatic rings. The van der Waals surface area contributed by atoms with Crippen LogP contribution in [-0.2, 0) is 0 Å². The fourth-order valence-corrected chi connectivity index (χ4v) is 1.78. The summed E-state index contributed by atoms with van der Waals surface area (Å²) in [6.07, 6.45) is 2.97. The van der Waals surface area contributed by atoms with Gasteiger partial charge >= 0.3 is 0 Å². The molecule has 0 aliphatic heterocycles. The smallest absolute Gasteiger partial charge is 0.270 e. The number of ketones is 1. The Hall–Kier alpha value is -3.07. The Morgan fingerprint density at radius 3 is 2.60 bits per heavy atom. The lowest BCUT2D eigenvalue weighted by molar-refractivity contribution is -0.384. The minimum atomic E-state index is -1.000. The second kappa shape index (κ2) is 5.71. The predicted octanol–water partition coefficient (Wildman–Crippen LogP) is 2.48. The highest BCUT2D eigenvalue weighted by atomic mass is 16.6. The quantitative estimate of drug-likeness (QED) is 0.481. The van der Waals surface area contributed by atoms with Crippen LogP contribution in [0.3, 0.4) is 0 Å². The monoisotopic (exact) mass is 267 g/mol. The molecule has 20 heavy (non-hydrogen) atoms. The summed E-state index contributed by atoms with van der Waals surface area (Å²) in [6, 6.07) is 10.4. The van der Waals surface area contributed by atoms with E-state index in [1.165, 1.54) is 36.7 Å². The van der Waals surface area contributed by atoms with Crippen LogP contribution >= 0.6 is 0 Å². The zero-order chi connectivity index (χ0) is 14.5. The number of hydrogen-bond donors (Lipinski definition) is 0. The average Bonchev–Trinajstić information content (AvgIpc) is 2.49. The van der Waals surface area contributed by atoms with Crippen LogP contribution in [0.25, 0.3) is 0 Å². The van der Waals surface area contributed by atoms with E-state index >= 15 is 0 Å². The first kappa shape index (κ1) is 13.4. The molecule has 6 heteroatoms. The molecule has 0 radical (unpaired) electrons. The third-order valence-electron chi connectivity index (χ3n) is 2.77. The molecule has 1 heterocycles. The number of aromatic nitrogens is 1. The van der Waals surface area contributed by atoms with Crippen LogP contribution in [0.2, 0.25) is 0 Å². The van der Waals surface area contributed by atoms with E-state index in [2.05, 4.69) is 4.98 Å². The van der Waals surface area contributed by atoms with Gasteiger partial charge in [0.15, 0.2) is 5.78 Å². The van der Waals surface area contributed by atoms with Gasteiger partial charge in [-0.25, -0.2) is 0 Å². The molecule has 98 valence electrons. The second-order valence-corrected chi connectivity index (χ2v) is 4.01. The molecule has 0 aliphatic carbocycles. The van der Waals surface area contributed by atoms with Crippen molar-refractivity contribution in [1.82, 2.24) is 4.98 Å². The molecule has 6 nitrogen and oxygen atoms in total.